The summed E-state index contributed by atoms with van der Waals surface area (Å²) >= 11 is 0. The average molecular weight is 302 g/mol. The van der Waals surface area contributed by atoms with Crippen LogP contribution in [-0.2, 0) is 9.53 Å². The minimum atomic E-state index is -1.77. The molecule has 2 unspecified atom stereocenters. The highest BCUT2D eigenvalue weighted by molar-refractivity contribution is 5.83. The average Bonchev–Trinajstić information content (AvgIpc) is 2.34. The van der Waals surface area contributed by atoms with E-state index >= 15 is 0 Å². The molecule has 0 bridgehead atoms. The maximum Gasteiger partial charge on any atom is 0.330 e. The van der Waals surface area contributed by atoms with E-state index in [2.05, 4.69) is 0 Å². The molecule has 0 spiro atoms. The molecule has 0 aliphatic rings. The molecule has 0 aliphatic carbocycles. The lowest BCUT2D eigenvalue weighted by Crippen LogP contribution is -2.27. The van der Waals surface area contributed by atoms with Gasteiger partial charge in [0.1, 0.15) is 11.8 Å². The maximum atomic E-state index is 13.5. The summed E-state index contributed by atoms with van der Waals surface area (Å²) in [5, 5.41) is 0. The molecule has 0 saturated carbocycles. The molecule has 4 heteroatoms. The van der Waals surface area contributed by atoms with Gasteiger partial charge in [0.05, 0.1) is 6.61 Å². The smallest absolute Gasteiger partial charge is 0.330 e. The molecular formula is C17H28F2O2. The lowest BCUT2D eigenvalue weighted by Gasteiger charge is -2.20. The van der Waals surface area contributed by atoms with Crippen molar-refractivity contribution in [2.45, 2.75) is 65.7 Å². The molecule has 122 valence electrons. The fourth-order valence-electron chi connectivity index (χ4n) is 1.80. The Morgan fingerprint density at radius 3 is 2.48 bits per heavy atom. The Morgan fingerprint density at radius 1 is 1.33 bits per heavy atom. The molecule has 0 aromatic carbocycles. The molecule has 0 N–H and O–H groups in total. The van der Waals surface area contributed by atoms with Gasteiger partial charge in [-0.15, -0.1) is 0 Å². The van der Waals surface area contributed by atoms with Crippen LogP contribution in [0.15, 0.2) is 23.8 Å². The van der Waals surface area contributed by atoms with Crippen LogP contribution in [0.4, 0.5) is 8.78 Å². The quantitative estimate of drug-likeness (QED) is 0.342. The van der Waals surface area contributed by atoms with Crippen molar-refractivity contribution < 1.29 is 18.3 Å². The number of rotatable bonds is 9. The van der Waals surface area contributed by atoms with Crippen LogP contribution in [-0.4, -0.2) is 24.4 Å². The summed E-state index contributed by atoms with van der Waals surface area (Å²) in [7, 11) is 0. The first-order chi connectivity index (χ1) is 9.66. The zero-order valence-electron chi connectivity index (χ0n) is 13.8. The second kappa shape index (κ2) is 9.69. The standard InChI is InChI=1S/C17H28F2O2/c1-6-21-16(20)12-14(3)9-7-8-13(2)10-11-15(18)17(4,5)19/h7,9,12-13,15H,6,8,10-11H2,1-5H3/b9-7+,14-12?. The predicted molar refractivity (Wildman–Crippen MR) is 82.6 cm³/mol. The van der Waals surface area contributed by atoms with E-state index in [1.54, 1.807) is 6.92 Å². The van der Waals surface area contributed by atoms with Crippen molar-refractivity contribution in [1.29, 1.82) is 0 Å². The molecule has 0 aromatic heterocycles. The van der Waals surface area contributed by atoms with E-state index in [9.17, 15) is 13.6 Å². The topological polar surface area (TPSA) is 26.3 Å². The molecule has 0 radical (unpaired) electrons. The Kier molecular flexibility index (Phi) is 9.14. The van der Waals surface area contributed by atoms with Gasteiger partial charge in [-0.3, -0.25) is 0 Å². The van der Waals surface area contributed by atoms with E-state index in [4.69, 9.17) is 4.74 Å². The maximum absolute atomic E-state index is 13.5. The predicted octanol–water partition coefficient (Wildman–Crippen LogP) is 4.94. The highest BCUT2D eigenvalue weighted by atomic mass is 19.2. The zero-order chi connectivity index (χ0) is 16.5. The van der Waals surface area contributed by atoms with Crippen LogP contribution < -0.4 is 0 Å². The summed E-state index contributed by atoms with van der Waals surface area (Å²) in [6, 6.07) is 0. The van der Waals surface area contributed by atoms with Crippen molar-refractivity contribution in [3.05, 3.63) is 23.8 Å². The fraction of sp³-hybridized carbons (Fsp3) is 0.706. The Morgan fingerprint density at radius 2 is 1.95 bits per heavy atom. The van der Waals surface area contributed by atoms with E-state index in [1.165, 1.54) is 19.9 Å². The van der Waals surface area contributed by atoms with Gasteiger partial charge in [-0.2, -0.15) is 0 Å². The van der Waals surface area contributed by atoms with Crippen LogP contribution in [0.25, 0.3) is 0 Å². The summed E-state index contributed by atoms with van der Waals surface area (Å²) in [4.78, 5) is 11.2. The van der Waals surface area contributed by atoms with Gasteiger partial charge in [-0.05, 0) is 58.4 Å². The zero-order valence-corrected chi connectivity index (χ0v) is 13.8. The van der Waals surface area contributed by atoms with E-state index in [1.807, 2.05) is 26.0 Å². The largest absolute Gasteiger partial charge is 0.463 e. The number of esters is 1. The van der Waals surface area contributed by atoms with Gasteiger partial charge in [0.15, 0.2) is 0 Å². The highest BCUT2D eigenvalue weighted by Gasteiger charge is 2.28. The van der Waals surface area contributed by atoms with Crippen LogP contribution in [0.1, 0.15) is 53.9 Å². The van der Waals surface area contributed by atoms with Gasteiger partial charge in [0.2, 0.25) is 0 Å². The van der Waals surface area contributed by atoms with E-state index in [0.29, 0.717) is 13.0 Å². The molecule has 21 heavy (non-hydrogen) atoms. The van der Waals surface area contributed by atoms with Crippen LogP contribution >= 0.6 is 0 Å². The molecule has 0 saturated heterocycles. The molecule has 0 aromatic rings. The third-order valence-electron chi connectivity index (χ3n) is 3.21. The number of hydrogen-bond acceptors (Lipinski definition) is 2. The van der Waals surface area contributed by atoms with E-state index in [-0.39, 0.29) is 18.3 Å². The van der Waals surface area contributed by atoms with E-state index < -0.39 is 11.8 Å². The van der Waals surface area contributed by atoms with Crippen LogP contribution in [0.2, 0.25) is 0 Å². The van der Waals surface area contributed by atoms with Gasteiger partial charge in [-0.1, -0.05) is 19.1 Å². The summed E-state index contributed by atoms with van der Waals surface area (Å²) in [5.41, 5.74) is -0.956. The first-order valence-corrected chi connectivity index (χ1v) is 7.51. The van der Waals surface area contributed by atoms with Crippen LogP contribution in [0, 0.1) is 5.92 Å². The summed E-state index contributed by atoms with van der Waals surface area (Å²) < 4.78 is 31.6. The second-order valence-corrected chi connectivity index (χ2v) is 5.99. The lowest BCUT2D eigenvalue weighted by molar-refractivity contribution is -0.137. The Bertz CT molecular complexity index is 367. The highest BCUT2D eigenvalue weighted by Crippen LogP contribution is 2.24. The second-order valence-electron chi connectivity index (χ2n) is 5.99. The van der Waals surface area contributed by atoms with Crippen molar-refractivity contribution >= 4 is 5.97 Å². The normalized spacial score (nSPS) is 16.0. The molecule has 0 aliphatic heterocycles. The van der Waals surface area contributed by atoms with Crippen molar-refractivity contribution in [2.75, 3.05) is 6.61 Å². The number of carbonyl (C=O) groups is 1. The lowest BCUT2D eigenvalue weighted by atomic mass is 9.94. The molecule has 0 amide bonds. The number of ether oxygens (including phenoxy) is 1. The SMILES string of the molecule is CCOC(=O)C=C(C)/C=C/CC(C)CCC(F)C(C)(C)F. The monoisotopic (exact) mass is 302 g/mol. The molecule has 2 nitrogen and oxygen atoms in total. The third kappa shape index (κ3) is 10.2. The first kappa shape index (κ1) is 19.8. The minimum Gasteiger partial charge on any atom is -0.463 e. The summed E-state index contributed by atoms with van der Waals surface area (Å²) in [5.74, 6) is -0.0737. The van der Waals surface area contributed by atoms with Crippen molar-refractivity contribution in [1.82, 2.24) is 0 Å². The van der Waals surface area contributed by atoms with Gasteiger partial charge in [0, 0.05) is 6.08 Å². The van der Waals surface area contributed by atoms with Crippen LogP contribution in [0.3, 0.4) is 0 Å². The number of carbonyl (C=O) groups excluding carboxylic acids is 1. The number of hydrogen-bond donors (Lipinski definition) is 0. The first-order valence-electron chi connectivity index (χ1n) is 7.51. The molecule has 0 fully saturated rings. The summed E-state index contributed by atoms with van der Waals surface area (Å²) in [6.07, 6.45) is 5.45. The van der Waals surface area contributed by atoms with Crippen molar-refractivity contribution in [2.24, 2.45) is 5.92 Å². The number of halogens is 2. The fourth-order valence-corrected chi connectivity index (χ4v) is 1.80. The molecular weight excluding hydrogens is 274 g/mol. The molecule has 0 rings (SSSR count). The van der Waals surface area contributed by atoms with E-state index in [0.717, 1.165) is 12.0 Å². The number of allylic oxidation sites excluding steroid dienone is 3. The third-order valence-corrected chi connectivity index (χ3v) is 3.21. The Balaban J connectivity index is 4.10. The van der Waals surface area contributed by atoms with Gasteiger partial charge in [-0.25, -0.2) is 13.6 Å². The summed E-state index contributed by atoms with van der Waals surface area (Å²) in [6.45, 7) is 8.49. The molecule has 0 heterocycles. The van der Waals surface area contributed by atoms with Crippen molar-refractivity contribution in [3.8, 4) is 0 Å². The van der Waals surface area contributed by atoms with Crippen LogP contribution in [0.5, 0.6) is 0 Å². The number of alkyl halides is 2. The minimum absolute atomic E-state index is 0.232. The Hall–Kier alpha value is -1.19. The van der Waals surface area contributed by atoms with Gasteiger partial charge >= 0.3 is 5.97 Å². The van der Waals surface area contributed by atoms with Crippen molar-refractivity contribution in [3.63, 3.8) is 0 Å². The van der Waals surface area contributed by atoms with Gasteiger partial charge in [0.25, 0.3) is 0 Å². The Labute approximate surface area is 127 Å². The molecule has 2 atom stereocenters. The van der Waals surface area contributed by atoms with Gasteiger partial charge < -0.3 is 4.74 Å².